The second kappa shape index (κ2) is 5.53. The Hall–Kier alpha value is -1.68. The molecule has 2 aromatic carbocycles. The third-order valence-corrected chi connectivity index (χ3v) is 3.73. The molecule has 1 nitrogen and oxygen atoms in total. The number of nitrogens with zero attached hydrogens (tertiary/aromatic N) is 1. The van der Waals surface area contributed by atoms with E-state index in [2.05, 4.69) is 82.2 Å². The highest BCUT2D eigenvalue weighted by Crippen LogP contribution is 2.24. The monoisotopic (exact) mass is 357 g/mol. The highest BCUT2D eigenvalue weighted by Gasteiger charge is 2.02. The second-order valence-corrected chi connectivity index (χ2v) is 5.55. The molecule has 0 amide bonds. The third-order valence-electron chi connectivity index (χ3n) is 3.01. The largest absolute Gasteiger partial charge is 0.256 e. The average molecular weight is 357 g/mol. The molecule has 3 rings (SSSR count). The molecule has 0 N–H and O–H groups in total. The minimum Gasteiger partial charge on any atom is -0.256 e. The fourth-order valence-corrected chi connectivity index (χ4v) is 2.38. The molecule has 19 heavy (non-hydrogen) atoms. The SMILES string of the molecule is Ic1ccc(-c2cc(-c3ccccc3)ccn2)cc1. The van der Waals surface area contributed by atoms with Gasteiger partial charge in [-0.1, -0.05) is 42.5 Å². The summed E-state index contributed by atoms with van der Waals surface area (Å²) in [7, 11) is 0. The van der Waals surface area contributed by atoms with E-state index in [0.717, 1.165) is 11.3 Å². The Morgan fingerprint density at radius 3 is 2.16 bits per heavy atom. The molecule has 0 aliphatic rings. The lowest BCUT2D eigenvalue weighted by molar-refractivity contribution is 1.32. The van der Waals surface area contributed by atoms with Gasteiger partial charge >= 0.3 is 0 Å². The lowest BCUT2D eigenvalue weighted by atomic mass is 10.0. The molecule has 92 valence electrons. The Kier molecular flexibility index (Phi) is 3.60. The van der Waals surface area contributed by atoms with Crippen LogP contribution in [0.4, 0.5) is 0 Å². The number of hydrogen-bond donors (Lipinski definition) is 0. The van der Waals surface area contributed by atoms with Crippen molar-refractivity contribution in [2.24, 2.45) is 0 Å². The van der Waals surface area contributed by atoms with Gasteiger partial charge in [-0.3, -0.25) is 4.98 Å². The van der Waals surface area contributed by atoms with Crippen LogP contribution in [0.25, 0.3) is 22.4 Å². The number of benzene rings is 2. The van der Waals surface area contributed by atoms with Gasteiger partial charge in [0.2, 0.25) is 0 Å². The maximum atomic E-state index is 4.46. The van der Waals surface area contributed by atoms with Gasteiger partial charge in [0.25, 0.3) is 0 Å². The molecule has 0 radical (unpaired) electrons. The zero-order valence-electron chi connectivity index (χ0n) is 10.3. The van der Waals surface area contributed by atoms with Crippen LogP contribution in [0.3, 0.4) is 0 Å². The van der Waals surface area contributed by atoms with Gasteiger partial charge in [0.15, 0.2) is 0 Å². The Labute approximate surface area is 126 Å². The highest BCUT2D eigenvalue weighted by molar-refractivity contribution is 14.1. The van der Waals surface area contributed by atoms with Gasteiger partial charge in [0.05, 0.1) is 5.69 Å². The van der Waals surface area contributed by atoms with Crippen molar-refractivity contribution in [3.63, 3.8) is 0 Å². The summed E-state index contributed by atoms with van der Waals surface area (Å²) < 4.78 is 1.24. The van der Waals surface area contributed by atoms with Crippen molar-refractivity contribution in [1.29, 1.82) is 0 Å². The molecule has 1 heterocycles. The molecule has 0 bridgehead atoms. The lowest BCUT2D eigenvalue weighted by Crippen LogP contribution is -1.85. The fraction of sp³-hybridized carbons (Fsp3) is 0. The van der Waals surface area contributed by atoms with Crippen LogP contribution in [0.2, 0.25) is 0 Å². The van der Waals surface area contributed by atoms with E-state index in [-0.39, 0.29) is 0 Å². The van der Waals surface area contributed by atoms with Crippen molar-refractivity contribution in [3.8, 4) is 22.4 Å². The van der Waals surface area contributed by atoms with Gasteiger partial charge in [0.1, 0.15) is 0 Å². The third kappa shape index (κ3) is 2.84. The summed E-state index contributed by atoms with van der Waals surface area (Å²) in [5.74, 6) is 0. The first-order valence-corrected chi connectivity index (χ1v) is 7.18. The average Bonchev–Trinajstić information content (AvgIpc) is 2.49. The molecule has 0 saturated heterocycles. The lowest BCUT2D eigenvalue weighted by Gasteiger charge is -2.05. The highest BCUT2D eigenvalue weighted by atomic mass is 127. The summed E-state index contributed by atoms with van der Waals surface area (Å²) in [5, 5.41) is 0. The van der Waals surface area contributed by atoms with Crippen LogP contribution in [-0.2, 0) is 0 Å². The van der Waals surface area contributed by atoms with Crippen molar-refractivity contribution < 1.29 is 0 Å². The molecule has 1 aromatic heterocycles. The first-order valence-electron chi connectivity index (χ1n) is 6.10. The van der Waals surface area contributed by atoms with Crippen LogP contribution < -0.4 is 0 Å². The number of pyridine rings is 1. The van der Waals surface area contributed by atoms with Crippen LogP contribution in [0.15, 0.2) is 72.9 Å². The molecule has 0 saturated carbocycles. The van der Waals surface area contributed by atoms with Gasteiger partial charge in [-0.15, -0.1) is 0 Å². The molecular weight excluding hydrogens is 345 g/mol. The van der Waals surface area contributed by atoms with E-state index in [0.29, 0.717) is 0 Å². The van der Waals surface area contributed by atoms with Crippen molar-refractivity contribution in [2.45, 2.75) is 0 Å². The van der Waals surface area contributed by atoms with Gasteiger partial charge in [-0.2, -0.15) is 0 Å². The van der Waals surface area contributed by atoms with E-state index < -0.39 is 0 Å². The quantitative estimate of drug-likeness (QED) is 0.587. The standard InChI is InChI=1S/C17H12IN/c18-16-8-6-14(7-9-16)17-12-15(10-11-19-17)13-4-2-1-3-5-13/h1-12H. The van der Waals surface area contributed by atoms with E-state index in [1.807, 2.05) is 18.3 Å². The van der Waals surface area contributed by atoms with E-state index >= 15 is 0 Å². The Bertz CT molecular complexity index is 675. The summed E-state index contributed by atoms with van der Waals surface area (Å²) in [6.07, 6.45) is 1.87. The number of hydrogen-bond acceptors (Lipinski definition) is 1. The van der Waals surface area contributed by atoms with Crippen LogP contribution in [0.5, 0.6) is 0 Å². The zero-order chi connectivity index (χ0) is 13.1. The molecule has 2 heteroatoms. The van der Waals surface area contributed by atoms with Crippen molar-refractivity contribution >= 4 is 22.6 Å². The predicted octanol–water partition coefficient (Wildman–Crippen LogP) is 5.02. The maximum Gasteiger partial charge on any atom is 0.0708 e. The molecule has 0 aliphatic heterocycles. The summed E-state index contributed by atoms with van der Waals surface area (Å²) in [6, 6.07) is 23.0. The van der Waals surface area contributed by atoms with Crippen LogP contribution in [0.1, 0.15) is 0 Å². The van der Waals surface area contributed by atoms with Crippen molar-refractivity contribution in [1.82, 2.24) is 4.98 Å². The first-order chi connectivity index (χ1) is 9.33. The maximum absolute atomic E-state index is 4.46. The smallest absolute Gasteiger partial charge is 0.0708 e. The minimum atomic E-state index is 1.01. The summed E-state index contributed by atoms with van der Waals surface area (Å²) in [4.78, 5) is 4.46. The number of aromatic nitrogens is 1. The predicted molar refractivity (Wildman–Crippen MR) is 87.8 cm³/mol. The minimum absolute atomic E-state index is 1.01. The normalized spacial score (nSPS) is 10.4. The van der Waals surface area contributed by atoms with Gasteiger partial charge in [-0.05, 0) is 58.0 Å². The van der Waals surface area contributed by atoms with Gasteiger partial charge in [-0.25, -0.2) is 0 Å². The fourth-order valence-electron chi connectivity index (χ4n) is 2.02. The van der Waals surface area contributed by atoms with E-state index in [4.69, 9.17) is 0 Å². The van der Waals surface area contributed by atoms with Crippen LogP contribution >= 0.6 is 22.6 Å². The van der Waals surface area contributed by atoms with Gasteiger partial charge < -0.3 is 0 Å². The first kappa shape index (κ1) is 12.4. The summed E-state index contributed by atoms with van der Waals surface area (Å²) in [5.41, 5.74) is 4.58. The molecule has 0 aliphatic carbocycles. The number of rotatable bonds is 2. The Balaban J connectivity index is 2.03. The molecule has 0 spiro atoms. The Morgan fingerprint density at radius 1 is 0.684 bits per heavy atom. The van der Waals surface area contributed by atoms with Crippen LogP contribution in [0, 0.1) is 3.57 Å². The molecule has 0 fully saturated rings. The second-order valence-electron chi connectivity index (χ2n) is 4.30. The summed E-state index contributed by atoms with van der Waals surface area (Å²) >= 11 is 2.31. The van der Waals surface area contributed by atoms with Crippen molar-refractivity contribution in [3.05, 3.63) is 76.5 Å². The van der Waals surface area contributed by atoms with E-state index in [1.165, 1.54) is 14.7 Å². The number of halogens is 1. The van der Waals surface area contributed by atoms with Crippen molar-refractivity contribution in [2.75, 3.05) is 0 Å². The molecule has 0 unspecified atom stereocenters. The van der Waals surface area contributed by atoms with E-state index in [1.54, 1.807) is 0 Å². The Morgan fingerprint density at radius 2 is 1.42 bits per heavy atom. The zero-order valence-corrected chi connectivity index (χ0v) is 12.4. The topological polar surface area (TPSA) is 12.9 Å². The molecule has 3 aromatic rings. The molecule has 0 atom stereocenters. The van der Waals surface area contributed by atoms with E-state index in [9.17, 15) is 0 Å². The van der Waals surface area contributed by atoms with Crippen LogP contribution in [-0.4, -0.2) is 4.98 Å². The summed E-state index contributed by atoms with van der Waals surface area (Å²) in [6.45, 7) is 0. The van der Waals surface area contributed by atoms with Gasteiger partial charge in [0, 0.05) is 15.3 Å². The molecular formula is C17H12IN.